The van der Waals surface area contributed by atoms with E-state index in [1.165, 1.54) is 54.7 Å². The number of nitrogens with zero attached hydrogens (tertiary/aromatic N) is 6. The molecule has 0 fully saturated rings. The van der Waals surface area contributed by atoms with Gasteiger partial charge in [0, 0.05) is 55.7 Å². The highest BCUT2D eigenvalue weighted by atomic mass is 35.5. The van der Waals surface area contributed by atoms with Crippen molar-refractivity contribution in [3.63, 3.8) is 0 Å². The van der Waals surface area contributed by atoms with Gasteiger partial charge in [-0.05, 0) is 134 Å². The van der Waals surface area contributed by atoms with Crippen LogP contribution in [0.5, 0.6) is 0 Å². The zero-order valence-electron chi connectivity index (χ0n) is 49.3. The summed E-state index contributed by atoms with van der Waals surface area (Å²) in [6, 6.07) is 108. The summed E-state index contributed by atoms with van der Waals surface area (Å²) in [6.07, 6.45) is 0. The molecule has 0 saturated carbocycles. The van der Waals surface area contributed by atoms with Crippen LogP contribution in [0, 0.1) is 0 Å². The minimum atomic E-state index is -1.47. The second-order valence-corrected chi connectivity index (χ2v) is 23.1. The molecule has 16 aromatic rings. The molecule has 0 spiro atoms. The Hall–Kier alpha value is -10.7. The van der Waals surface area contributed by atoms with Gasteiger partial charge in [0.15, 0.2) is 0 Å². The lowest BCUT2D eigenvalue weighted by atomic mass is 9.79. The first-order chi connectivity index (χ1) is 45.1. The molecule has 16 rings (SSSR count). The van der Waals surface area contributed by atoms with Crippen molar-refractivity contribution >= 4 is 91.0 Å². The second-order valence-electron chi connectivity index (χ2n) is 22.1. The van der Waals surface area contributed by atoms with Crippen LogP contribution in [-0.4, -0.2) is 46.2 Å². The zero-order chi connectivity index (χ0) is 62.5. The summed E-state index contributed by atoms with van der Waals surface area (Å²) in [5.41, 5.74) is 21.5. The Morgan fingerprint density at radius 2 is 0.565 bits per heavy atom. The summed E-state index contributed by atoms with van der Waals surface area (Å²) in [7, 11) is -1.47. The van der Waals surface area contributed by atoms with E-state index in [1.54, 1.807) is 12.1 Å². The highest BCUT2D eigenvalue weighted by Gasteiger charge is 2.17. The molecule has 0 aliphatic heterocycles. The molecule has 0 radical (unpaired) electrons. The first-order valence-electron chi connectivity index (χ1n) is 30.0. The molecule has 0 amide bonds. The lowest BCUT2D eigenvalue weighted by molar-refractivity contribution is 0.426. The van der Waals surface area contributed by atoms with Gasteiger partial charge >= 0.3 is 7.12 Å². The molecule has 4 heterocycles. The topological polar surface area (TPSA) is 102 Å². The van der Waals surface area contributed by atoms with E-state index in [1.807, 2.05) is 72.8 Å². The number of hydrogen-bond acceptors (Lipinski definition) is 6. The Balaban J connectivity index is 0.000000131. The van der Waals surface area contributed by atoms with Crippen LogP contribution < -0.4 is 5.46 Å². The van der Waals surface area contributed by atoms with Crippen LogP contribution in [0.2, 0.25) is 15.7 Å². The van der Waals surface area contributed by atoms with E-state index in [9.17, 15) is 10.0 Å². The molecule has 0 unspecified atom stereocenters. The van der Waals surface area contributed by atoms with E-state index in [0.29, 0.717) is 10.6 Å². The minimum absolute atomic E-state index is 0.152. The maximum Gasteiger partial charge on any atom is 0.488 e. The van der Waals surface area contributed by atoms with Crippen LogP contribution in [-0.2, 0) is 0 Å². The summed E-state index contributed by atoms with van der Waals surface area (Å²) < 4.78 is 4.62. The van der Waals surface area contributed by atoms with Crippen molar-refractivity contribution in [3.05, 3.63) is 331 Å². The third-order valence-electron chi connectivity index (χ3n) is 16.3. The van der Waals surface area contributed by atoms with Crippen LogP contribution in [0.1, 0.15) is 0 Å². The van der Waals surface area contributed by atoms with Crippen molar-refractivity contribution < 1.29 is 10.0 Å². The third kappa shape index (κ3) is 12.5. The fourth-order valence-electron chi connectivity index (χ4n) is 12.0. The number of aromatic nitrogens is 6. The van der Waals surface area contributed by atoms with E-state index in [0.717, 1.165) is 78.5 Å². The van der Waals surface area contributed by atoms with Crippen molar-refractivity contribution in [2.75, 3.05) is 0 Å². The minimum Gasteiger partial charge on any atom is -0.423 e. The molecule has 2 N–H and O–H groups in total. The third-order valence-corrected chi connectivity index (χ3v) is 16.9. The van der Waals surface area contributed by atoms with Crippen molar-refractivity contribution in [1.29, 1.82) is 0 Å². The molecule has 440 valence electrons. The summed E-state index contributed by atoms with van der Waals surface area (Å²) in [4.78, 5) is 17.2. The van der Waals surface area contributed by atoms with Gasteiger partial charge in [0.25, 0.3) is 0 Å². The first-order valence-corrected chi connectivity index (χ1v) is 31.1. The van der Waals surface area contributed by atoms with Crippen molar-refractivity contribution in [1.82, 2.24) is 29.1 Å². The number of para-hydroxylation sites is 4. The molecule has 0 aliphatic carbocycles. The van der Waals surface area contributed by atoms with Gasteiger partial charge in [-0.3, -0.25) is 0 Å². The highest BCUT2D eigenvalue weighted by molar-refractivity contribution is 6.58. The van der Waals surface area contributed by atoms with Crippen LogP contribution in [0.3, 0.4) is 0 Å². The Morgan fingerprint density at radius 3 is 1.00 bits per heavy atom. The zero-order valence-corrected chi connectivity index (χ0v) is 51.6. The Morgan fingerprint density at radius 1 is 0.250 bits per heavy atom. The molecule has 4 aromatic heterocycles. The van der Waals surface area contributed by atoms with E-state index in [-0.39, 0.29) is 10.6 Å². The lowest BCUT2D eigenvalue weighted by Gasteiger charge is -2.11. The molecule has 12 aromatic carbocycles. The lowest BCUT2D eigenvalue weighted by Crippen LogP contribution is -2.29. The van der Waals surface area contributed by atoms with E-state index >= 15 is 0 Å². The smallest absolute Gasteiger partial charge is 0.423 e. The monoisotopic (exact) mass is 1250 g/mol. The van der Waals surface area contributed by atoms with Gasteiger partial charge < -0.3 is 19.2 Å². The van der Waals surface area contributed by atoms with Crippen molar-refractivity contribution in [2.45, 2.75) is 0 Å². The van der Waals surface area contributed by atoms with Gasteiger partial charge in [-0.1, -0.05) is 260 Å². The molecule has 92 heavy (non-hydrogen) atoms. The second kappa shape index (κ2) is 26.4. The largest absolute Gasteiger partial charge is 0.488 e. The maximum atomic E-state index is 9.49. The predicted octanol–water partition coefficient (Wildman–Crippen LogP) is 20.1. The number of hydrogen-bond donors (Lipinski definition) is 2. The summed E-state index contributed by atoms with van der Waals surface area (Å²) in [5, 5.41) is 24.7. The standard InChI is InChI=1S/C40H26ClN3.C24H18BNO2.C16H10Cl2N2/c41-40-42-36(29-22-20-28(21-23-29)27-10-2-1-3-11-27)26-37(43-40)32-14-8-12-30(24-32)31-13-9-15-33(25-31)44-38-18-6-4-16-34(38)35-17-5-7-19-39(35)44;27-25(28)19-9-5-7-17(15-19)18-8-6-10-20(16-18)26-23-13-3-1-11-21(23)22-12-2-4-14-24(22)26;17-15-10-14(19-16(18)20-15)13-8-6-12(7-9-13)11-4-2-1-3-5-11/h1-26H;1-16,27-28H;1-10H. The summed E-state index contributed by atoms with van der Waals surface area (Å²) in [5.74, 6) is 0. The fourth-order valence-corrected chi connectivity index (χ4v) is 12.6. The van der Waals surface area contributed by atoms with Crippen LogP contribution in [0.15, 0.2) is 315 Å². The fraction of sp³-hybridized carbons (Fsp3) is 0. The molecule has 0 atom stereocenters. The average Bonchev–Trinajstić information content (AvgIpc) is 1.62. The number of benzene rings is 12. The molecule has 0 bridgehead atoms. The summed E-state index contributed by atoms with van der Waals surface area (Å²) in [6.45, 7) is 0. The van der Waals surface area contributed by atoms with Gasteiger partial charge in [0.05, 0.1) is 39.1 Å². The Kier molecular flexibility index (Phi) is 16.9. The molecule has 0 saturated heterocycles. The summed E-state index contributed by atoms with van der Waals surface area (Å²) >= 11 is 18.2. The van der Waals surface area contributed by atoms with Crippen molar-refractivity contribution in [3.8, 4) is 89.7 Å². The van der Waals surface area contributed by atoms with Crippen LogP contribution in [0.4, 0.5) is 0 Å². The average molecular weight is 1250 g/mol. The van der Waals surface area contributed by atoms with Gasteiger partial charge in [-0.25, -0.2) is 19.9 Å². The van der Waals surface area contributed by atoms with Gasteiger partial charge in [-0.15, -0.1) is 0 Å². The van der Waals surface area contributed by atoms with E-state index in [2.05, 4.69) is 260 Å². The normalized spacial score (nSPS) is 11.1. The van der Waals surface area contributed by atoms with Crippen molar-refractivity contribution in [2.24, 2.45) is 0 Å². The number of fused-ring (bicyclic) bond motifs is 6. The Bertz CT molecular complexity index is 5190. The van der Waals surface area contributed by atoms with Gasteiger partial charge in [0.1, 0.15) is 5.15 Å². The maximum absolute atomic E-state index is 9.49. The molecule has 12 heteroatoms. The number of halogens is 3. The SMILES string of the molecule is Clc1cc(-c2ccc(-c3ccccc3)cc2)nc(Cl)n1.Clc1nc(-c2ccc(-c3ccccc3)cc2)cc(-c2cccc(-c3cccc(-n4c5ccccc5c5ccccc54)c3)c2)n1.OB(O)c1cccc(-c2cccc(-n3c4ccccc4c4ccccc43)c2)c1. The molecule has 8 nitrogen and oxygen atoms in total. The first kappa shape index (κ1) is 58.9. The predicted molar refractivity (Wildman–Crippen MR) is 382 cm³/mol. The van der Waals surface area contributed by atoms with E-state index in [4.69, 9.17) is 34.8 Å². The molecule has 0 aliphatic rings. The van der Waals surface area contributed by atoms with Gasteiger partial charge in [0.2, 0.25) is 10.6 Å². The molecular formula is C80H54BCl3N6O2. The van der Waals surface area contributed by atoms with Gasteiger partial charge in [-0.2, -0.15) is 0 Å². The molecular weight excluding hydrogens is 1190 g/mol. The Labute approximate surface area is 547 Å². The van der Waals surface area contributed by atoms with E-state index < -0.39 is 7.12 Å². The van der Waals surface area contributed by atoms with Crippen LogP contribution >= 0.6 is 34.8 Å². The van der Waals surface area contributed by atoms with Crippen LogP contribution in [0.25, 0.3) is 133 Å². The number of rotatable bonds is 10. The highest BCUT2D eigenvalue weighted by Crippen LogP contribution is 2.37. The quantitative estimate of drug-likeness (QED) is 0.0804.